The zero-order valence-electron chi connectivity index (χ0n) is 12.7. The molecule has 2 heteroatoms. The lowest BCUT2D eigenvalue weighted by atomic mass is 10.2. The predicted molar refractivity (Wildman–Crippen MR) is 88.4 cm³/mol. The average Bonchev–Trinajstić information content (AvgIpc) is 2.45. The number of rotatable bonds is 9. The van der Waals surface area contributed by atoms with E-state index in [-0.39, 0.29) is 0 Å². The smallest absolute Gasteiger partial charge is 0.224 e. The van der Waals surface area contributed by atoms with Crippen LogP contribution in [0.25, 0.3) is 6.08 Å². The second-order valence-electron chi connectivity index (χ2n) is 5.17. The second kappa shape index (κ2) is 8.34. The van der Waals surface area contributed by atoms with Gasteiger partial charge in [-0.15, -0.1) is 0 Å². The van der Waals surface area contributed by atoms with Crippen molar-refractivity contribution >= 4 is 19.6 Å². The van der Waals surface area contributed by atoms with Crippen LogP contribution in [0.1, 0.15) is 45.6 Å². The molecule has 0 atom stereocenters. The lowest BCUT2D eigenvalue weighted by molar-refractivity contribution is 0.305. The van der Waals surface area contributed by atoms with Crippen molar-refractivity contribution in [3.05, 3.63) is 36.4 Å². The summed E-state index contributed by atoms with van der Waals surface area (Å²) < 4.78 is 6.43. The molecular weight excluding hydrogens is 248 g/mol. The Labute approximate surface area is 119 Å². The van der Waals surface area contributed by atoms with Crippen molar-refractivity contribution in [2.24, 2.45) is 0 Å². The summed E-state index contributed by atoms with van der Waals surface area (Å²) in [4.78, 5) is 0. The minimum atomic E-state index is -1.76. The maximum absolute atomic E-state index is 6.43. The van der Waals surface area contributed by atoms with E-state index in [9.17, 15) is 0 Å². The zero-order chi connectivity index (χ0) is 14.1. The Morgan fingerprint density at radius 2 is 1.58 bits per heavy atom. The van der Waals surface area contributed by atoms with Crippen LogP contribution in [0.3, 0.4) is 0 Å². The van der Waals surface area contributed by atoms with E-state index >= 15 is 0 Å². The third-order valence-electron chi connectivity index (χ3n) is 3.56. The van der Waals surface area contributed by atoms with Crippen LogP contribution in [0.2, 0.25) is 12.1 Å². The summed E-state index contributed by atoms with van der Waals surface area (Å²) in [6.45, 7) is 11.5. The summed E-state index contributed by atoms with van der Waals surface area (Å²) >= 11 is 0. The summed E-state index contributed by atoms with van der Waals surface area (Å²) in [6.07, 6.45) is 5.42. The molecule has 0 amide bonds. The Hall–Kier alpha value is -0.863. The molecule has 0 saturated carbocycles. The highest BCUT2D eigenvalue weighted by atomic mass is 28.4. The van der Waals surface area contributed by atoms with Gasteiger partial charge in [-0.1, -0.05) is 70.5 Å². The van der Waals surface area contributed by atoms with Crippen LogP contribution in [0.5, 0.6) is 0 Å². The first-order valence-electron chi connectivity index (χ1n) is 7.59. The fourth-order valence-electron chi connectivity index (χ4n) is 2.67. The molecule has 0 saturated heterocycles. The monoisotopic (exact) mass is 276 g/mol. The molecule has 0 spiro atoms. The Morgan fingerprint density at radius 3 is 2.00 bits per heavy atom. The molecule has 1 rings (SSSR count). The molecule has 0 heterocycles. The van der Waals surface area contributed by atoms with Gasteiger partial charge in [-0.3, -0.25) is 0 Å². The molecule has 1 aromatic rings. The molecule has 19 heavy (non-hydrogen) atoms. The molecular formula is C17H28OSi. The SMILES string of the molecule is C=Cc1ccc([Si](CCC)(CCC)OCCC)cc1. The van der Waals surface area contributed by atoms with E-state index in [1.165, 1.54) is 35.7 Å². The standard InChI is InChI=1S/C17H28OSi/c1-5-13-18-19(14-6-2,15-7-3)17-11-9-16(8-4)10-12-17/h8-12H,4-7,13-15H2,1-3H3. The fourth-order valence-corrected chi connectivity index (χ4v) is 6.94. The number of benzene rings is 1. The quantitative estimate of drug-likeness (QED) is 0.593. The van der Waals surface area contributed by atoms with Crippen LogP contribution in [-0.4, -0.2) is 14.9 Å². The first-order chi connectivity index (χ1) is 9.22. The molecule has 0 aliphatic heterocycles. The largest absolute Gasteiger partial charge is 0.412 e. The van der Waals surface area contributed by atoms with Gasteiger partial charge in [0.15, 0.2) is 0 Å². The van der Waals surface area contributed by atoms with Gasteiger partial charge in [0.25, 0.3) is 0 Å². The van der Waals surface area contributed by atoms with Gasteiger partial charge in [0.1, 0.15) is 0 Å². The Balaban J connectivity index is 3.05. The second-order valence-corrected chi connectivity index (χ2v) is 9.02. The lowest BCUT2D eigenvalue weighted by Crippen LogP contribution is -2.50. The van der Waals surface area contributed by atoms with Crippen LogP contribution in [0, 0.1) is 0 Å². The topological polar surface area (TPSA) is 9.23 Å². The Bertz CT molecular complexity index is 363. The molecule has 0 unspecified atom stereocenters. The van der Waals surface area contributed by atoms with Gasteiger partial charge < -0.3 is 4.43 Å². The van der Waals surface area contributed by atoms with Crippen molar-refractivity contribution in [1.82, 2.24) is 0 Å². The highest BCUT2D eigenvalue weighted by Gasteiger charge is 2.35. The van der Waals surface area contributed by atoms with Crippen molar-refractivity contribution in [2.45, 2.75) is 52.1 Å². The van der Waals surface area contributed by atoms with E-state index in [0.29, 0.717) is 0 Å². The maximum atomic E-state index is 6.43. The third-order valence-corrected chi connectivity index (χ3v) is 8.32. The molecule has 106 valence electrons. The highest BCUT2D eigenvalue weighted by Crippen LogP contribution is 2.22. The lowest BCUT2D eigenvalue weighted by Gasteiger charge is -2.31. The third kappa shape index (κ3) is 4.32. The minimum Gasteiger partial charge on any atom is -0.412 e. The minimum absolute atomic E-state index is 0.898. The van der Waals surface area contributed by atoms with Gasteiger partial charge in [-0.05, 0) is 29.3 Å². The van der Waals surface area contributed by atoms with Gasteiger partial charge in [0.2, 0.25) is 8.32 Å². The highest BCUT2D eigenvalue weighted by molar-refractivity contribution is 6.86. The fraction of sp³-hybridized carbons (Fsp3) is 0.529. The number of hydrogen-bond donors (Lipinski definition) is 0. The molecule has 0 bridgehead atoms. The summed E-state index contributed by atoms with van der Waals surface area (Å²) in [5.41, 5.74) is 1.19. The van der Waals surface area contributed by atoms with E-state index in [1.54, 1.807) is 0 Å². The molecule has 0 aliphatic rings. The molecule has 1 aromatic carbocycles. The molecule has 0 aromatic heterocycles. The summed E-state index contributed by atoms with van der Waals surface area (Å²) in [5.74, 6) is 0. The van der Waals surface area contributed by atoms with Crippen LogP contribution in [0.15, 0.2) is 30.8 Å². The van der Waals surface area contributed by atoms with Gasteiger partial charge in [0.05, 0.1) is 0 Å². The molecule has 1 nitrogen and oxygen atoms in total. The molecule has 0 N–H and O–H groups in total. The van der Waals surface area contributed by atoms with E-state index in [2.05, 4.69) is 51.6 Å². The van der Waals surface area contributed by atoms with E-state index < -0.39 is 8.32 Å². The molecule has 0 radical (unpaired) electrons. The van der Waals surface area contributed by atoms with Crippen LogP contribution >= 0.6 is 0 Å². The van der Waals surface area contributed by atoms with Gasteiger partial charge in [-0.25, -0.2) is 0 Å². The van der Waals surface area contributed by atoms with E-state index in [4.69, 9.17) is 4.43 Å². The van der Waals surface area contributed by atoms with Crippen LogP contribution in [0.4, 0.5) is 0 Å². The van der Waals surface area contributed by atoms with E-state index in [1.807, 2.05) is 6.08 Å². The van der Waals surface area contributed by atoms with Crippen molar-refractivity contribution in [3.63, 3.8) is 0 Å². The Kier molecular flexibility index (Phi) is 7.10. The summed E-state index contributed by atoms with van der Waals surface area (Å²) in [6, 6.07) is 11.3. The molecule has 0 fully saturated rings. The van der Waals surface area contributed by atoms with Crippen LogP contribution < -0.4 is 5.19 Å². The number of hydrogen-bond acceptors (Lipinski definition) is 1. The van der Waals surface area contributed by atoms with Crippen LogP contribution in [-0.2, 0) is 4.43 Å². The summed E-state index contributed by atoms with van der Waals surface area (Å²) in [7, 11) is -1.76. The predicted octanol–water partition coefficient (Wildman–Crippen LogP) is 4.73. The van der Waals surface area contributed by atoms with Gasteiger partial charge in [0, 0.05) is 6.61 Å². The van der Waals surface area contributed by atoms with Crippen molar-refractivity contribution in [1.29, 1.82) is 0 Å². The summed E-state index contributed by atoms with van der Waals surface area (Å²) in [5, 5.41) is 1.45. The Morgan fingerprint density at radius 1 is 1.00 bits per heavy atom. The van der Waals surface area contributed by atoms with Crippen molar-refractivity contribution < 1.29 is 4.43 Å². The van der Waals surface area contributed by atoms with Gasteiger partial charge in [-0.2, -0.15) is 0 Å². The first-order valence-corrected chi connectivity index (χ1v) is 9.91. The van der Waals surface area contributed by atoms with E-state index in [0.717, 1.165) is 13.0 Å². The average molecular weight is 276 g/mol. The van der Waals surface area contributed by atoms with Crippen molar-refractivity contribution in [2.75, 3.05) is 6.61 Å². The zero-order valence-corrected chi connectivity index (χ0v) is 13.7. The first kappa shape index (κ1) is 16.2. The molecule has 0 aliphatic carbocycles. The van der Waals surface area contributed by atoms with Crippen molar-refractivity contribution in [3.8, 4) is 0 Å². The normalized spacial score (nSPS) is 11.5. The van der Waals surface area contributed by atoms with Gasteiger partial charge >= 0.3 is 0 Å². The maximum Gasteiger partial charge on any atom is 0.224 e.